The van der Waals surface area contributed by atoms with Crippen LogP contribution < -0.4 is 4.90 Å². The van der Waals surface area contributed by atoms with Crippen molar-refractivity contribution in [2.45, 2.75) is 25.5 Å². The van der Waals surface area contributed by atoms with Crippen molar-refractivity contribution in [3.8, 4) is 11.4 Å². The van der Waals surface area contributed by atoms with Gasteiger partial charge < -0.3 is 4.57 Å². The summed E-state index contributed by atoms with van der Waals surface area (Å²) in [7, 11) is 0. The molecule has 0 spiro atoms. The molecular weight excluding hydrogens is 404 g/mol. The molecule has 31 heavy (non-hydrogen) atoms. The lowest BCUT2D eigenvalue weighted by Gasteiger charge is -2.23. The van der Waals surface area contributed by atoms with Crippen molar-refractivity contribution in [2.24, 2.45) is 0 Å². The minimum absolute atomic E-state index is 0.00911. The van der Waals surface area contributed by atoms with Gasteiger partial charge >= 0.3 is 0 Å². The van der Waals surface area contributed by atoms with Crippen molar-refractivity contribution < 1.29 is 4.79 Å². The predicted molar refractivity (Wildman–Crippen MR) is 127 cm³/mol. The lowest BCUT2D eigenvalue weighted by molar-refractivity contribution is -0.115. The van der Waals surface area contributed by atoms with E-state index >= 15 is 0 Å². The molecule has 4 rings (SSSR count). The minimum Gasteiger partial charge on any atom is -0.302 e. The van der Waals surface area contributed by atoms with E-state index in [4.69, 9.17) is 0 Å². The zero-order chi connectivity index (χ0) is 21.6. The molecule has 1 heterocycles. The maximum Gasteiger partial charge on any atom is 0.242 e. The van der Waals surface area contributed by atoms with Crippen molar-refractivity contribution in [2.75, 3.05) is 10.7 Å². The van der Waals surface area contributed by atoms with Gasteiger partial charge in [0.05, 0.1) is 5.75 Å². The van der Waals surface area contributed by atoms with Gasteiger partial charge in [0.25, 0.3) is 0 Å². The van der Waals surface area contributed by atoms with Crippen LogP contribution in [0, 0.1) is 6.92 Å². The summed E-state index contributed by atoms with van der Waals surface area (Å²) < 4.78 is 2.06. The summed E-state index contributed by atoms with van der Waals surface area (Å²) in [6, 6.07) is 27.6. The van der Waals surface area contributed by atoms with Gasteiger partial charge in [0.1, 0.15) is 0 Å². The van der Waals surface area contributed by atoms with Crippen LogP contribution in [-0.4, -0.2) is 26.4 Å². The number of hydrogen-bond donors (Lipinski definition) is 0. The molecule has 0 unspecified atom stereocenters. The summed E-state index contributed by atoms with van der Waals surface area (Å²) in [6.07, 6.45) is 0. The van der Waals surface area contributed by atoms with E-state index < -0.39 is 0 Å². The summed E-state index contributed by atoms with van der Waals surface area (Å²) in [5.41, 5.74) is 3.89. The molecule has 6 heteroatoms. The number of carbonyl (C=O) groups is 1. The van der Waals surface area contributed by atoms with Gasteiger partial charge in [-0.05, 0) is 44.2 Å². The highest BCUT2D eigenvalue weighted by Gasteiger charge is 2.20. The van der Waals surface area contributed by atoms with Crippen LogP contribution >= 0.6 is 11.8 Å². The Morgan fingerprint density at radius 1 is 0.903 bits per heavy atom. The number of anilines is 2. The van der Waals surface area contributed by atoms with Gasteiger partial charge in [0.15, 0.2) is 11.0 Å². The van der Waals surface area contributed by atoms with Crippen molar-refractivity contribution >= 4 is 29.0 Å². The van der Waals surface area contributed by atoms with Crippen LogP contribution in [0.15, 0.2) is 90.1 Å². The molecule has 0 atom stereocenters. The zero-order valence-corrected chi connectivity index (χ0v) is 18.4. The Balaban J connectivity index is 1.57. The highest BCUT2D eigenvalue weighted by atomic mass is 32.2. The summed E-state index contributed by atoms with van der Waals surface area (Å²) in [6.45, 7) is 4.86. The second kappa shape index (κ2) is 9.62. The molecule has 4 aromatic rings. The first-order chi connectivity index (χ1) is 15.2. The number of nitrogens with zero attached hydrogens (tertiary/aromatic N) is 4. The molecule has 0 radical (unpaired) electrons. The fourth-order valence-electron chi connectivity index (χ4n) is 3.46. The monoisotopic (exact) mass is 428 g/mol. The molecule has 3 aromatic carbocycles. The second-order valence-electron chi connectivity index (χ2n) is 7.11. The van der Waals surface area contributed by atoms with Crippen molar-refractivity contribution in [1.29, 1.82) is 0 Å². The average molecular weight is 429 g/mol. The Hall–Kier alpha value is -3.38. The van der Waals surface area contributed by atoms with Crippen LogP contribution in [0.4, 0.5) is 11.4 Å². The largest absolute Gasteiger partial charge is 0.302 e. The molecule has 0 saturated heterocycles. The Morgan fingerprint density at radius 3 is 2.13 bits per heavy atom. The topological polar surface area (TPSA) is 51.0 Å². The van der Waals surface area contributed by atoms with E-state index in [1.54, 1.807) is 4.90 Å². The molecular formula is C25H24N4OS. The van der Waals surface area contributed by atoms with Crippen LogP contribution in [0.3, 0.4) is 0 Å². The van der Waals surface area contributed by atoms with Gasteiger partial charge in [-0.1, -0.05) is 71.9 Å². The average Bonchev–Trinajstić information content (AvgIpc) is 3.22. The SMILES string of the molecule is CCn1c(SCC(=O)N(c2ccccc2)c2ccccc2)nnc1-c1cccc(C)c1. The Kier molecular flexibility index (Phi) is 6.48. The summed E-state index contributed by atoms with van der Waals surface area (Å²) in [4.78, 5) is 15.0. The molecule has 0 aliphatic heterocycles. The third kappa shape index (κ3) is 4.70. The van der Waals surface area contributed by atoms with Crippen LogP contribution in [0.5, 0.6) is 0 Å². The number of thioether (sulfide) groups is 1. The Morgan fingerprint density at radius 2 is 1.55 bits per heavy atom. The maximum absolute atomic E-state index is 13.3. The molecule has 0 aliphatic rings. The number of hydrogen-bond acceptors (Lipinski definition) is 4. The molecule has 5 nitrogen and oxygen atoms in total. The fourth-order valence-corrected chi connectivity index (χ4v) is 4.31. The minimum atomic E-state index is -0.00911. The van der Waals surface area contributed by atoms with Crippen molar-refractivity contribution in [3.05, 3.63) is 90.5 Å². The molecule has 0 aliphatic carbocycles. The van der Waals surface area contributed by atoms with Gasteiger partial charge in [-0.2, -0.15) is 0 Å². The molecule has 1 aromatic heterocycles. The zero-order valence-electron chi connectivity index (χ0n) is 17.6. The standard InChI is InChI=1S/C25H24N4OS/c1-3-28-24(20-12-10-11-19(2)17-20)26-27-25(28)31-18-23(30)29(21-13-6-4-7-14-21)22-15-8-5-9-16-22/h4-17H,3,18H2,1-2H3. The van der Waals surface area contributed by atoms with E-state index in [9.17, 15) is 4.79 Å². The van der Waals surface area contributed by atoms with Crippen LogP contribution in [0.2, 0.25) is 0 Å². The lowest BCUT2D eigenvalue weighted by Crippen LogP contribution is -2.27. The number of benzene rings is 3. The first kappa shape index (κ1) is 20.9. The molecule has 156 valence electrons. The third-order valence-corrected chi connectivity index (χ3v) is 5.86. The second-order valence-corrected chi connectivity index (χ2v) is 8.05. The third-order valence-electron chi connectivity index (χ3n) is 4.91. The fraction of sp³-hybridized carbons (Fsp3) is 0.160. The summed E-state index contributed by atoms with van der Waals surface area (Å²) in [5.74, 6) is 1.07. The first-order valence-electron chi connectivity index (χ1n) is 10.2. The lowest BCUT2D eigenvalue weighted by atomic mass is 10.1. The quantitative estimate of drug-likeness (QED) is 0.353. The van der Waals surface area contributed by atoms with Crippen LogP contribution in [-0.2, 0) is 11.3 Å². The summed E-state index contributed by atoms with van der Waals surface area (Å²) in [5, 5.41) is 9.52. The van der Waals surface area contributed by atoms with E-state index in [2.05, 4.69) is 40.7 Å². The van der Waals surface area contributed by atoms with Crippen LogP contribution in [0.25, 0.3) is 11.4 Å². The normalized spacial score (nSPS) is 10.8. The number of rotatable bonds is 7. The number of carbonyl (C=O) groups excluding carboxylic acids is 1. The van der Waals surface area contributed by atoms with E-state index in [-0.39, 0.29) is 11.7 Å². The molecule has 0 N–H and O–H groups in total. The van der Waals surface area contributed by atoms with Crippen LogP contribution in [0.1, 0.15) is 12.5 Å². The molecule has 0 bridgehead atoms. The van der Waals surface area contributed by atoms with E-state index in [0.29, 0.717) is 0 Å². The highest BCUT2D eigenvalue weighted by Crippen LogP contribution is 2.28. The van der Waals surface area contributed by atoms with Gasteiger partial charge in [-0.15, -0.1) is 10.2 Å². The Labute approximate surface area is 186 Å². The molecule has 0 fully saturated rings. The van der Waals surface area contributed by atoms with Gasteiger partial charge in [-0.3, -0.25) is 9.69 Å². The first-order valence-corrected chi connectivity index (χ1v) is 11.2. The van der Waals surface area contributed by atoms with Crippen molar-refractivity contribution in [1.82, 2.24) is 14.8 Å². The maximum atomic E-state index is 13.3. The number of amides is 1. The predicted octanol–water partition coefficient (Wildman–Crippen LogP) is 5.73. The van der Waals surface area contributed by atoms with Crippen molar-refractivity contribution in [3.63, 3.8) is 0 Å². The van der Waals surface area contributed by atoms with Gasteiger partial charge in [-0.25, -0.2) is 0 Å². The number of aromatic nitrogens is 3. The smallest absolute Gasteiger partial charge is 0.242 e. The van der Waals surface area contributed by atoms with Gasteiger partial charge in [0, 0.05) is 23.5 Å². The van der Waals surface area contributed by atoms with E-state index in [0.717, 1.165) is 34.5 Å². The van der Waals surface area contributed by atoms with E-state index in [1.807, 2.05) is 72.8 Å². The Bertz CT molecular complexity index is 1120. The highest BCUT2D eigenvalue weighted by molar-refractivity contribution is 7.99. The number of aryl methyl sites for hydroxylation is 1. The molecule has 0 saturated carbocycles. The van der Waals surface area contributed by atoms with E-state index in [1.165, 1.54) is 17.3 Å². The van der Waals surface area contributed by atoms with Gasteiger partial charge in [0.2, 0.25) is 5.91 Å². The number of para-hydroxylation sites is 2. The summed E-state index contributed by atoms with van der Waals surface area (Å²) >= 11 is 1.42. The molecule has 1 amide bonds.